The van der Waals surface area contributed by atoms with Crippen molar-refractivity contribution in [3.63, 3.8) is 0 Å². The maximum atomic E-state index is 11.9. The number of hydrogen-bond donors (Lipinski definition) is 3. The Balaban J connectivity index is 0.00000441. The summed E-state index contributed by atoms with van der Waals surface area (Å²) >= 11 is 0. The van der Waals surface area contributed by atoms with Crippen LogP contribution in [0.1, 0.15) is 29.3 Å². The van der Waals surface area contributed by atoms with Gasteiger partial charge in [-0.25, -0.2) is 0 Å². The molecule has 0 bridgehead atoms. The smallest absolute Gasteiger partial charge is 0.251 e. The first-order valence-corrected chi connectivity index (χ1v) is 6.97. The number of halogens is 1. The molecule has 0 aliphatic heterocycles. The highest BCUT2D eigenvalue weighted by Gasteiger charge is 2.12. The molecule has 0 radical (unpaired) electrons. The summed E-state index contributed by atoms with van der Waals surface area (Å²) in [4.78, 5) is 23.5. The number of methoxy groups -OCH3 is 1. The third-order valence-corrected chi connectivity index (χ3v) is 2.87. The third-order valence-electron chi connectivity index (χ3n) is 2.87. The average molecular weight is 330 g/mol. The Morgan fingerprint density at radius 2 is 2.05 bits per heavy atom. The maximum Gasteiger partial charge on any atom is 0.251 e. The lowest BCUT2D eigenvalue weighted by molar-refractivity contribution is -0.123. The van der Waals surface area contributed by atoms with Gasteiger partial charge in [0.15, 0.2) is 0 Å². The van der Waals surface area contributed by atoms with Gasteiger partial charge in [0, 0.05) is 25.8 Å². The Hall–Kier alpha value is -1.63. The quantitative estimate of drug-likeness (QED) is 0.659. The second-order valence-electron chi connectivity index (χ2n) is 4.74. The second-order valence-corrected chi connectivity index (χ2v) is 4.74. The molecule has 1 atom stereocenters. The van der Waals surface area contributed by atoms with E-state index in [1.807, 2.05) is 13.0 Å². The van der Waals surface area contributed by atoms with E-state index in [1.165, 1.54) is 7.11 Å². The first-order valence-electron chi connectivity index (χ1n) is 6.97. The number of amides is 2. The fourth-order valence-corrected chi connectivity index (χ4v) is 1.74. The van der Waals surface area contributed by atoms with Crippen molar-refractivity contribution < 1.29 is 14.3 Å². The molecule has 0 fully saturated rings. The van der Waals surface area contributed by atoms with Gasteiger partial charge >= 0.3 is 0 Å². The summed E-state index contributed by atoms with van der Waals surface area (Å²) in [5, 5.41) is 5.53. The minimum Gasteiger partial charge on any atom is -0.383 e. The van der Waals surface area contributed by atoms with Gasteiger partial charge < -0.3 is 21.1 Å². The molecule has 22 heavy (non-hydrogen) atoms. The molecule has 1 rings (SSSR count). The summed E-state index contributed by atoms with van der Waals surface area (Å²) in [5.74, 6) is -0.390. The first kappa shape index (κ1) is 20.4. The molecule has 0 aromatic heterocycles. The Kier molecular flexibility index (Phi) is 10.2. The van der Waals surface area contributed by atoms with Gasteiger partial charge in [0.1, 0.15) is 6.04 Å². The van der Waals surface area contributed by atoms with Gasteiger partial charge in [-0.1, -0.05) is 19.1 Å². The Morgan fingerprint density at radius 3 is 2.68 bits per heavy atom. The third kappa shape index (κ3) is 6.89. The van der Waals surface area contributed by atoms with Gasteiger partial charge in [-0.15, -0.1) is 12.4 Å². The number of rotatable bonds is 8. The van der Waals surface area contributed by atoms with Crippen molar-refractivity contribution in [3.05, 3.63) is 35.4 Å². The molecule has 124 valence electrons. The molecule has 7 heteroatoms. The molecule has 0 spiro atoms. The van der Waals surface area contributed by atoms with Crippen LogP contribution in [0.3, 0.4) is 0 Å². The van der Waals surface area contributed by atoms with Crippen LogP contribution in [0.25, 0.3) is 0 Å². The van der Waals surface area contributed by atoms with Gasteiger partial charge in [0.2, 0.25) is 5.91 Å². The molecule has 1 aromatic rings. The summed E-state index contributed by atoms with van der Waals surface area (Å²) in [6.07, 6.45) is 0.888. The summed E-state index contributed by atoms with van der Waals surface area (Å²) < 4.78 is 4.83. The molecule has 0 heterocycles. The monoisotopic (exact) mass is 329 g/mol. The lowest BCUT2D eigenvalue weighted by Crippen LogP contribution is -2.43. The van der Waals surface area contributed by atoms with E-state index >= 15 is 0 Å². The first-order chi connectivity index (χ1) is 10.1. The van der Waals surface area contributed by atoms with Crippen molar-refractivity contribution in [2.45, 2.75) is 25.9 Å². The van der Waals surface area contributed by atoms with Crippen LogP contribution in [0, 0.1) is 0 Å². The van der Waals surface area contributed by atoms with E-state index in [0.29, 0.717) is 18.7 Å². The van der Waals surface area contributed by atoms with Crippen LogP contribution in [-0.4, -0.2) is 38.1 Å². The highest BCUT2D eigenvalue weighted by molar-refractivity contribution is 5.94. The van der Waals surface area contributed by atoms with E-state index in [-0.39, 0.29) is 30.8 Å². The van der Waals surface area contributed by atoms with Crippen molar-refractivity contribution in [2.75, 3.05) is 20.3 Å². The molecular formula is C15H24ClN3O3. The molecule has 6 nitrogen and oxygen atoms in total. The van der Waals surface area contributed by atoms with E-state index in [0.717, 1.165) is 12.0 Å². The van der Waals surface area contributed by atoms with Crippen molar-refractivity contribution in [2.24, 2.45) is 5.73 Å². The predicted molar refractivity (Wildman–Crippen MR) is 88.0 cm³/mol. The number of carbonyl (C=O) groups is 2. The van der Waals surface area contributed by atoms with E-state index in [9.17, 15) is 9.59 Å². The fraction of sp³-hybridized carbons (Fsp3) is 0.467. The predicted octanol–water partition coefficient (Wildman–Crippen LogP) is 0.838. The highest BCUT2D eigenvalue weighted by atomic mass is 35.5. The molecule has 2 amide bonds. The van der Waals surface area contributed by atoms with Crippen LogP contribution in [0.4, 0.5) is 0 Å². The van der Waals surface area contributed by atoms with E-state index < -0.39 is 6.04 Å². The average Bonchev–Trinajstić information content (AvgIpc) is 2.50. The Morgan fingerprint density at radius 1 is 1.32 bits per heavy atom. The van der Waals surface area contributed by atoms with Crippen molar-refractivity contribution in [1.29, 1.82) is 0 Å². The number of hydrogen-bond acceptors (Lipinski definition) is 4. The lowest BCUT2D eigenvalue weighted by Gasteiger charge is -2.11. The van der Waals surface area contributed by atoms with Crippen molar-refractivity contribution in [1.82, 2.24) is 10.6 Å². The lowest BCUT2D eigenvalue weighted by atomic mass is 10.1. The van der Waals surface area contributed by atoms with Crippen molar-refractivity contribution >= 4 is 24.2 Å². The van der Waals surface area contributed by atoms with Gasteiger partial charge in [-0.3, -0.25) is 9.59 Å². The van der Waals surface area contributed by atoms with E-state index in [4.69, 9.17) is 10.5 Å². The largest absolute Gasteiger partial charge is 0.383 e. The Bertz CT molecular complexity index is 483. The number of carbonyl (C=O) groups excluding carboxylic acids is 2. The molecule has 0 saturated carbocycles. The second kappa shape index (κ2) is 11.0. The molecule has 1 unspecified atom stereocenters. The van der Waals surface area contributed by atoms with E-state index in [1.54, 1.807) is 18.2 Å². The molecule has 4 N–H and O–H groups in total. The number of nitrogens with one attached hydrogen (secondary N) is 2. The van der Waals surface area contributed by atoms with Crippen molar-refractivity contribution in [3.8, 4) is 0 Å². The minimum absolute atomic E-state index is 0. The van der Waals surface area contributed by atoms with E-state index in [2.05, 4.69) is 10.6 Å². The number of ether oxygens (including phenoxy) is 1. The SMILES string of the molecule is CCCNC(=O)c1cccc(CNC(=O)C(N)COC)c1.Cl. The van der Waals surface area contributed by atoms with Gasteiger partial charge in [-0.05, 0) is 24.1 Å². The highest BCUT2D eigenvalue weighted by Crippen LogP contribution is 2.05. The molecule has 0 aliphatic carbocycles. The summed E-state index contributed by atoms with van der Waals surface area (Å²) in [6.45, 7) is 3.14. The summed E-state index contributed by atoms with van der Waals surface area (Å²) in [6, 6.07) is 6.45. The number of benzene rings is 1. The van der Waals surface area contributed by atoms with Crippen LogP contribution in [0.15, 0.2) is 24.3 Å². The fourth-order valence-electron chi connectivity index (χ4n) is 1.74. The maximum absolute atomic E-state index is 11.9. The zero-order valence-corrected chi connectivity index (χ0v) is 13.7. The van der Waals surface area contributed by atoms with Crippen LogP contribution >= 0.6 is 12.4 Å². The zero-order valence-electron chi connectivity index (χ0n) is 12.9. The van der Waals surface area contributed by atoms with Crippen LogP contribution in [0.5, 0.6) is 0 Å². The minimum atomic E-state index is -0.689. The molecule has 0 aliphatic rings. The number of nitrogens with two attached hydrogens (primary N) is 1. The molecule has 0 saturated heterocycles. The molecule has 1 aromatic carbocycles. The van der Waals surface area contributed by atoms with Gasteiger partial charge in [0.05, 0.1) is 6.61 Å². The van der Waals surface area contributed by atoms with Gasteiger partial charge in [-0.2, -0.15) is 0 Å². The van der Waals surface area contributed by atoms with Crippen LogP contribution in [0.2, 0.25) is 0 Å². The normalized spacial score (nSPS) is 11.2. The van der Waals surface area contributed by atoms with Crippen LogP contribution in [-0.2, 0) is 16.1 Å². The topological polar surface area (TPSA) is 93.5 Å². The summed E-state index contributed by atoms with van der Waals surface area (Å²) in [7, 11) is 1.49. The van der Waals surface area contributed by atoms with Crippen LogP contribution < -0.4 is 16.4 Å². The standard InChI is InChI=1S/C15H23N3O3.ClH/c1-3-7-17-14(19)12-6-4-5-11(8-12)9-18-15(20)13(16)10-21-2;/h4-6,8,13H,3,7,9-10,16H2,1-2H3,(H,17,19)(H,18,20);1H. The van der Waals surface area contributed by atoms with Gasteiger partial charge in [0.25, 0.3) is 5.91 Å². The Labute approximate surface area is 137 Å². The zero-order chi connectivity index (χ0) is 15.7. The summed E-state index contributed by atoms with van der Waals surface area (Å²) in [5.41, 5.74) is 7.05. The molecular weight excluding hydrogens is 306 g/mol.